The molecule has 0 amide bonds. The molecule has 0 aliphatic heterocycles. The van der Waals surface area contributed by atoms with Gasteiger partial charge in [0.2, 0.25) is 0 Å². The van der Waals surface area contributed by atoms with Gasteiger partial charge >= 0.3 is 0 Å². The largest absolute Gasteiger partial charge is 0.0877 e. The summed E-state index contributed by atoms with van der Waals surface area (Å²) in [4.78, 5) is 0. The predicted octanol–water partition coefficient (Wildman–Crippen LogP) is 5.12. The van der Waals surface area contributed by atoms with E-state index < -0.39 is 0 Å². The third-order valence-electron chi connectivity index (χ3n) is 6.78. The number of rotatable bonds is 0. The Morgan fingerprint density at radius 1 is 1.00 bits per heavy atom. The fourth-order valence-corrected chi connectivity index (χ4v) is 6.10. The fraction of sp³-hybridized carbons (Fsp3) is 0.778. The molecular formula is C18H26. The standard InChI is InChI=1S/C18H26/c1-14-6-4-11-18-12-5-10-17(13-8-15(14)18)9-3-2-7-16(17)18/h4,8,11,13-16H,2-3,5-7,9-10,12H2,1H3/t14-,15+,16+,17+,18+/m0/s1. The van der Waals surface area contributed by atoms with Crippen molar-refractivity contribution < 1.29 is 0 Å². The Bertz CT molecular complexity index is 400. The SMILES string of the molecule is C[C@H]1CC=C[C@@]23CCC[C@@]4(C=C[C@H]12)CCCC[C@H]43. The zero-order chi connectivity index (χ0) is 12.2. The molecule has 1 spiro atoms. The summed E-state index contributed by atoms with van der Waals surface area (Å²) in [5.74, 6) is 2.69. The van der Waals surface area contributed by atoms with Gasteiger partial charge in [-0.15, -0.1) is 0 Å². The summed E-state index contributed by atoms with van der Waals surface area (Å²) in [5, 5.41) is 0. The molecule has 0 aromatic rings. The van der Waals surface area contributed by atoms with E-state index in [-0.39, 0.29) is 0 Å². The molecular weight excluding hydrogens is 216 g/mol. The average molecular weight is 242 g/mol. The van der Waals surface area contributed by atoms with Crippen molar-refractivity contribution in [2.45, 2.75) is 58.3 Å². The Morgan fingerprint density at radius 3 is 2.83 bits per heavy atom. The van der Waals surface area contributed by atoms with Crippen LogP contribution in [0.4, 0.5) is 0 Å². The normalized spacial score (nSPS) is 53.7. The van der Waals surface area contributed by atoms with Gasteiger partial charge in [-0.05, 0) is 60.7 Å². The van der Waals surface area contributed by atoms with Crippen molar-refractivity contribution in [2.24, 2.45) is 28.6 Å². The van der Waals surface area contributed by atoms with Crippen molar-refractivity contribution >= 4 is 0 Å². The van der Waals surface area contributed by atoms with Crippen LogP contribution < -0.4 is 0 Å². The van der Waals surface area contributed by atoms with E-state index >= 15 is 0 Å². The smallest absolute Gasteiger partial charge is 0.00164 e. The molecule has 0 saturated heterocycles. The second-order valence-electron chi connectivity index (χ2n) is 7.50. The van der Waals surface area contributed by atoms with E-state index in [1.807, 2.05) is 0 Å². The van der Waals surface area contributed by atoms with Crippen molar-refractivity contribution in [3.8, 4) is 0 Å². The van der Waals surface area contributed by atoms with Gasteiger partial charge in [-0.3, -0.25) is 0 Å². The van der Waals surface area contributed by atoms with Crippen molar-refractivity contribution in [3.63, 3.8) is 0 Å². The van der Waals surface area contributed by atoms with E-state index in [1.165, 1.54) is 51.4 Å². The van der Waals surface area contributed by atoms with Crippen LogP contribution in [0.25, 0.3) is 0 Å². The minimum atomic E-state index is 0.561. The number of hydrogen-bond acceptors (Lipinski definition) is 0. The van der Waals surface area contributed by atoms with Crippen molar-refractivity contribution in [3.05, 3.63) is 24.3 Å². The van der Waals surface area contributed by atoms with Crippen molar-refractivity contribution in [1.82, 2.24) is 0 Å². The quantitative estimate of drug-likeness (QED) is 0.517. The summed E-state index contributed by atoms with van der Waals surface area (Å²) in [6.45, 7) is 2.48. The Kier molecular flexibility index (Phi) is 2.35. The van der Waals surface area contributed by atoms with Gasteiger partial charge in [0.05, 0.1) is 0 Å². The molecule has 0 nitrogen and oxygen atoms in total. The molecule has 4 aliphatic rings. The van der Waals surface area contributed by atoms with E-state index in [0.29, 0.717) is 10.8 Å². The molecule has 0 unspecified atom stereocenters. The monoisotopic (exact) mass is 242 g/mol. The molecule has 4 aliphatic carbocycles. The summed E-state index contributed by atoms with van der Waals surface area (Å²) >= 11 is 0. The maximum atomic E-state index is 2.69. The van der Waals surface area contributed by atoms with Crippen LogP contribution in [0.15, 0.2) is 24.3 Å². The minimum Gasteiger partial charge on any atom is -0.0877 e. The lowest BCUT2D eigenvalue weighted by molar-refractivity contribution is -0.0571. The van der Waals surface area contributed by atoms with Gasteiger partial charge in [0, 0.05) is 0 Å². The Hall–Kier alpha value is -0.520. The summed E-state index contributed by atoms with van der Waals surface area (Å²) in [6.07, 6.45) is 22.2. The first-order valence-corrected chi connectivity index (χ1v) is 8.14. The minimum absolute atomic E-state index is 0.561. The van der Waals surface area contributed by atoms with Gasteiger partial charge < -0.3 is 0 Å². The molecule has 0 radical (unpaired) electrons. The zero-order valence-corrected chi connectivity index (χ0v) is 11.7. The van der Waals surface area contributed by atoms with Gasteiger partial charge in [0.15, 0.2) is 0 Å². The molecule has 0 aromatic heterocycles. The highest BCUT2D eigenvalue weighted by Crippen LogP contribution is 2.66. The van der Waals surface area contributed by atoms with Gasteiger partial charge in [0.1, 0.15) is 0 Å². The van der Waals surface area contributed by atoms with Crippen LogP contribution in [-0.2, 0) is 0 Å². The highest BCUT2D eigenvalue weighted by atomic mass is 14.6. The van der Waals surface area contributed by atoms with E-state index in [4.69, 9.17) is 0 Å². The van der Waals surface area contributed by atoms with Crippen LogP contribution >= 0.6 is 0 Å². The van der Waals surface area contributed by atoms with Crippen molar-refractivity contribution in [2.75, 3.05) is 0 Å². The Balaban J connectivity index is 1.86. The molecule has 0 heteroatoms. The number of allylic oxidation sites excluding steroid dienone is 4. The van der Waals surface area contributed by atoms with E-state index in [9.17, 15) is 0 Å². The summed E-state index contributed by atoms with van der Waals surface area (Å²) < 4.78 is 0. The Morgan fingerprint density at radius 2 is 1.89 bits per heavy atom. The lowest BCUT2D eigenvalue weighted by Gasteiger charge is -2.62. The van der Waals surface area contributed by atoms with Gasteiger partial charge in [-0.1, -0.05) is 50.5 Å². The molecule has 2 saturated carbocycles. The molecule has 18 heavy (non-hydrogen) atoms. The lowest BCUT2D eigenvalue weighted by Crippen LogP contribution is -2.54. The van der Waals surface area contributed by atoms with Gasteiger partial charge in [-0.25, -0.2) is 0 Å². The zero-order valence-electron chi connectivity index (χ0n) is 11.7. The summed E-state index contributed by atoms with van der Waals surface area (Å²) in [6, 6.07) is 0. The van der Waals surface area contributed by atoms with Crippen LogP contribution in [0.5, 0.6) is 0 Å². The van der Waals surface area contributed by atoms with Crippen LogP contribution in [0.2, 0.25) is 0 Å². The highest BCUT2D eigenvalue weighted by Gasteiger charge is 2.58. The first-order chi connectivity index (χ1) is 8.77. The molecule has 5 atom stereocenters. The predicted molar refractivity (Wildman–Crippen MR) is 76.2 cm³/mol. The first-order valence-electron chi connectivity index (χ1n) is 8.14. The maximum absolute atomic E-state index is 2.69. The highest BCUT2D eigenvalue weighted by molar-refractivity contribution is 5.27. The van der Waals surface area contributed by atoms with E-state index in [0.717, 1.165) is 17.8 Å². The number of hydrogen-bond donors (Lipinski definition) is 0. The topological polar surface area (TPSA) is 0 Å². The third kappa shape index (κ3) is 1.27. The summed E-state index contributed by atoms with van der Waals surface area (Å²) in [5.41, 5.74) is 1.17. The van der Waals surface area contributed by atoms with E-state index in [2.05, 4.69) is 31.2 Å². The van der Waals surface area contributed by atoms with Crippen LogP contribution in [0.1, 0.15) is 58.3 Å². The Labute approximate surface area is 112 Å². The second kappa shape index (κ2) is 3.74. The van der Waals surface area contributed by atoms with Crippen LogP contribution in [0.3, 0.4) is 0 Å². The molecule has 2 fully saturated rings. The maximum Gasteiger partial charge on any atom is -0.00164 e. The molecule has 4 rings (SSSR count). The van der Waals surface area contributed by atoms with Gasteiger partial charge in [0.25, 0.3) is 0 Å². The van der Waals surface area contributed by atoms with Crippen LogP contribution in [-0.4, -0.2) is 0 Å². The second-order valence-corrected chi connectivity index (χ2v) is 7.50. The average Bonchev–Trinajstić information content (AvgIpc) is 2.38. The fourth-order valence-electron chi connectivity index (χ4n) is 6.10. The molecule has 0 aromatic carbocycles. The van der Waals surface area contributed by atoms with E-state index in [1.54, 1.807) is 0 Å². The van der Waals surface area contributed by atoms with Crippen molar-refractivity contribution in [1.29, 1.82) is 0 Å². The molecule has 98 valence electrons. The summed E-state index contributed by atoms with van der Waals surface area (Å²) in [7, 11) is 0. The molecule has 2 bridgehead atoms. The molecule has 0 heterocycles. The lowest BCUT2D eigenvalue weighted by atomic mass is 9.42. The van der Waals surface area contributed by atoms with Crippen LogP contribution in [0, 0.1) is 28.6 Å². The van der Waals surface area contributed by atoms with Gasteiger partial charge in [-0.2, -0.15) is 0 Å². The molecule has 0 N–H and O–H groups in total. The third-order valence-corrected chi connectivity index (χ3v) is 6.78. The first kappa shape index (κ1) is 11.3.